The van der Waals surface area contributed by atoms with Crippen LogP contribution in [0.25, 0.3) is 0 Å². The Balaban J connectivity index is 0. The van der Waals surface area contributed by atoms with Crippen molar-refractivity contribution in [3.05, 3.63) is 0 Å². The topological polar surface area (TPSA) is 112 Å². The number of nitriles is 1. The highest BCUT2D eigenvalue weighted by atomic mass is 16.7. The normalized spacial score (nSPS) is 11.0. The van der Waals surface area contributed by atoms with Crippen molar-refractivity contribution in [1.29, 1.82) is 5.26 Å². The van der Waals surface area contributed by atoms with Crippen LogP contribution in [0.15, 0.2) is 0 Å². The van der Waals surface area contributed by atoms with Gasteiger partial charge in [-0.2, -0.15) is 5.26 Å². The summed E-state index contributed by atoms with van der Waals surface area (Å²) in [7, 11) is -2.87. The Morgan fingerprint density at radius 2 is 1.47 bits per heavy atom. The monoisotopic (exact) mass is 275 g/mol. The highest BCUT2D eigenvalue weighted by molar-refractivity contribution is 6.36. The third-order valence-electron chi connectivity index (χ3n) is 1.71. The summed E-state index contributed by atoms with van der Waals surface area (Å²) in [5.74, 6) is 0. The van der Waals surface area contributed by atoms with E-state index in [1.54, 1.807) is 0 Å². The molecule has 1 unspecified atom stereocenters. The molecular weight excluding hydrogens is 252 g/mol. The highest BCUT2D eigenvalue weighted by Gasteiger charge is 2.24. The molecule has 0 saturated carbocycles. The maximum absolute atomic E-state index is 8.74. The molecule has 0 aliphatic carbocycles. The molecule has 0 aliphatic rings. The average molecular weight is 275 g/mol. The summed E-state index contributed by atoms with van der Waals surface area (Å²) in [6, 6.07) is 2.05. The van der Waals surface area contributed by atoms with E-state index < -0.39 is 20.7 Å². The summed E-state index contributed by atoms with van der Waals surface area (Å²) in [5.41, 5.74) is 0. The van der Waals surface area contributed by atoms with Gasteiger partial charge in [-0.05, 0) is 19.3 Å². The van der Waals surface area contributed by atoms with Gasteiger partial charge < -0.3 is 29.0 Å². The molecule has 0 fully saturated rings. The smallest absolute Gasteiger partial charge is 0.402 e. The van der Waals surface area contributed by atoms with Crippen LogP contribution in [0.3, 0.4) is 0 Å². The fourth-order valence-electron chi connectivity index (χ4n) is 0.907. The molecule has 0 rings (SSSR count). The second kappa shape index (κ2) is 15.4. The SMILES string of the molecule is CCCOB(OCCC)OC(C#N)CC.OB(O)O. The summed E-state index contributed by atoms with van der Waals surface area (Å²) < 4.78 is 16.0. The Kier molecular flexibility index (Phi) is 16.8. The first-order valence-electron chi connectivity index (χ1n) is 6.34. The lowest BCUT2D eigenvalue weighted by atomic mass is 10.2. The summed E-state index contributed by atoms with van der Waals surface area (Å²) in [4.78, 5) is 0. The van der Waals surface area contributed by atoms with E-state index in [1.807, 2.05) is 20.8 Å². The van der Waals surface area contributed by atoms with E-state index in [1.165, 1.54) is 0 Å². The van der Waals surface area contributed by atoms with Crippen LogP contribution in [0.2, 0.25) is 0 Å². The van der Waals surface area contributed by atoms with E-state index in [4.69, 9.17) is 34.3 Å². The van der Waals surface area contributed by atoms with E-state index in [0.717, 1.165) is 12.8 Å². The summed E-state index contributed by atoms with van der Waals surface area (Å²) in [6.07, 6.45) is 1.98. The van der Waals surface area contributed by atoms with Crippen molar-refractivity contribution in [2.45, 2.75) is 46.1 Å². The molecule has 0 aromatic rings. The number of hydrogen-bond donors (Lipinski definition) is 3. The number of rotatable bonds is 9. The van der Waals surface area contributed by atoms with Gasteiger partial charge in [0.05, 0.1) is 6.07 Å². The molecule has 0 saturated heterocycles. The minimum Gasteiger partial charge on any atom is -0.402 e. The first kappa shape index (κ1) is 20.7. The van der Waals surface area contributed by atoms with Crippen molar-refractivity contribution >= 4 is 14.6 Å². The van der Waals surface area contributed by atoms with E-state index in [-0.39, 0.29) is 0 Å². The minimum atomic E-state index is -2.17. The zero-order chi connectivity index (χ0) is 15.1. The van der Waals surface area contributed by atoms with Gasteiger partial charge in [0.1, 0.15) is 6.10 Å². The van der Waals surface area contributed by atoms with Gasteiger partial charge in [-0.25, -0.2) is 0 Å². The quantitative estimate of drug-likeness (QED) is 0.511. The molecule has 0 aliphatic heterocycles. The van der Waals surface area contributed by atoms with Gasteiger partial charge in [-0.15, -0.1) is 0 Å². The van der Waals surface area contributed by atoms with Crippen LogP contribution in [0.1, 0.15) is 40.0 Å². The van der Waals surface area contributed by atoms with Gasteiger partial charge in [0.2, 0.25) is 0 Å². The predicted octanol–water partition coefficient (Wildman–Crippen LogP) is 0.0915. The molecule has 3 N–H and O–H groups in total. The van der Waals surface area contributed by atoms with Crippen molar-refractivity contribution in [2.24, 2.45) is 0 Å². The van der Waals surface area contributed by atoms with Gasteiger partial charge in [0.15, 0.2) is 0 Å². The van der Waals surface area contributed by atoms with Crippen molar-refractivity contribution in [1.82, 2.24) is 0 Å². The number of nitrogens with zero attached hydrogens (tertiary/aromatic N) is 1. The molecule has 0 radical (unpaired) electrons. The molecule has 9 heteroatoms. The molecule has 7 nitrogen and oxygen atoms in total. The maximum atomic E-state index is 8.74. The van der Waals surface area contributed by atoms with Gasteiger partial charge >= 0.3 is 14.6 Å². The molecule has 110 valence electrons. The van der Waals surface area contributed by atoms with Gasteiger partial charge in [0.25, 0.3) is 0 Å². The summed E-state index contributed by atoms with van der Waals surface area (Å²) in [5, 5.41) is 30.2. The van der Waals surface area contributed by atoms with E-state index >= 15 is 0 Å². The molecule has 1 atom stereocenters. The van der Waals surface area contributed by atoms with Gasteiger partial charge in [-0.3, -0.25) is 0 Å². The Bertz CT molecular complexity index is 216. The fraction of sp³-hybridized carbons (Fsp3) is 0.900. The van der Waals surface area contributed by atoms with Crippen LogP contribution < -0.4 is 0 Å². The standard InChI is InChI=1S/C10H20BNO3.BH3O3/c1-4-7-13-11(14-8-5-2)15-10(6-3)9-12;2-1(3)4/h10H,4-8H2,1-3H3;2-4H. The Labute approximate surface area is 115 Å². The largest absolute Gasteiger partial charge is 0.640 e. The van der Waals surface area contributed by atoms with E-state index in [2.05, 4.69) is 6.07 Å². The molecule has 0 spiro atoms. The summed E-state index contributed by atoms with van der Waals surface area (Å²) in [6.45, 7) is 7.08. The molecule has 0 aromatic heterocycles. The Morgan fingerprint density at radius 1 is 1.05 bits per heavy atom. The van der Waals surface area contributed by atoms with E-state index in [9.17, 15) is 0 Å². The lowest BCUT2D eigenvalue weighted by Gasteiger charge is -2.16. The fourth-order valence-corrected chi connectivity index (χ4v) is 0.907. The average Bonchev–Trinajstić information content (AvgIpc) is 2.37. The van der Waals surface area contributed by atoms with Crippen molar-refractivity contribution in [3.8, 4) is 6.07 Å². The molecule has 0 bridgehead atoms. The predicted molar refractivity (Wildman–Crippen MR) is 71.4 cm³/mol. The molecule has 0 heterocycles. The van der Waals surface area contributed by atoms with Crippen LogP contribution in [0.4, 0.5) is 0 Å². The lowest BCUT2D eigenvalue weighted by Crippen LogP contribution is -2.32. The maximum Gasteiger partial charge on any atom is 0.640 e. The van der Waals surface area contributed by atoms with Gasteiger partial charge in [-0.1, -0.05) is 20.8 Å². The van der Waals surface area contributed by atoms with Crippen LogP contribution in [0.5, 0.6) is 0 Å². The molecule has 19 heavy (non-hydrogen) atoms. The zero-order valence-electron chi connectivity index (χ0n) is 11.8. The summed E-state index contributed by atoms with van der Waals surface area (Å²) >= 11 is 0. The third kappa shape index (κ3) is 17.4. The minimum absolute atomic E-state index is 0.455. The van der Waals surface area contributed by atoms with Crippen molar-refractivity contribution < 1.29 is 29.0 Å². The molecule has 0 aromatic carbocycles. The van der Waals surface area contributed by atoms with Crippen molar-refractivity contribution in [2.75, 3.05) is 13.2 Å². The van der Waals surface area contributed by atoms with Crippen molar-refractivity contribution in [3.63, 3.8) is 0 Å². The second-order valence-electron chi connectivity index (χ2n) is 3.54. The van der Waals surface area contributed by atoms with Crippen LogP contribution in [-0.4, -0.2) is 49.0 Å². The first-order chi connectivity index (χ1) is 9.01. The Morgan fingerprint density at radius 3 is 1.74 bits per heavy atom. The third-order valence-corrected chi connectivity index (χ3v) is 1.71. The number of hydrogen-bond acceptors (Lipinski definition) is 7. The first-order valence-corrected chi connectivity index (χ1v) is 6.34. The highest BCUT2D eigenvalue weighted by Crippen LogP contribution is 2.03. The van der Waals surface area contributed by atoms with Crippen LogP contribution >= 0.6 is 0 Å². The lowest BCUT2D eigenvalue weighted by molar-refractivity contribution is 0.0740. The van der Waals surface area contributed by atoms with E-state index in [0.29, 0.717) is 19.6 Å². The van der Waals surface area contributed by atoms with Gasteiger partial charge in [0, 0.05) is 13.2 Å². The zero-order valence-corrected chi connectivity index (χ0v) is 11.8. The Hall–Kier alpha value is -0.620. The second-order valence-corrected chi connectivity index (χ2v) is 3.54. The molecule has 0 amide bonds. The van der Waals surface area contributed by atoms with Crippen LogP contribution in [-0.2, 0) is 14.0 Å². The van der Waals surface area contributed by atoms with Crippen LogP contribution in [0, 0.1) is 11.3 Å². The molecular formula is C10H23B2NO6.